The first-order chi connectivity index (χ1) is 10.9. The summed E-state index contributed by atoms with van der Waals surface area (Å²) < 4.78 is 0. The van der Waals surface area contributed by atoms with Gasteiger partial charge in [0, 0.05) is 17.9 Å². The van der Waals surface area contributed by atoms with Crippen LogP contribution in [0, 0.1) is 13.1 Å². The van der Waals surface area contributed by atoms with E-state index in [0.717, 1.165) is 24.4 Å². The molecule has 0 aromatic carbocycles. The molecular formula is C17H22N4O2. The van der Waals surface area contributed by atoms with Gasteiger partial charge < -0.3 is 15.3 Å². The van der Waals surface area contributed by atoms with Crippen molar-refractivity contribution in [3.05, 3.63) is 57.8 Å². The highest BCUT2D eigenvalue weighted by Gasteiger charge is 2.19. The second-order valence-corrected chi connectivity index (χ2v) is 5.33. The Morgan fingerprint density at radius 2 is 1.87 bits per heavy atom. The largest absolute Gasteiger partial charge is 0.526 e. The maximum absolute atomic E-state index is 10.9. The maximum Gasteiger partial charge on any atom is 0.526 e. The zero-order chi connectivity index (χ0) is 17.4. The summed E-state index contributed by atoms with van der Waals surface area (Å²) in [7, 11) is 0. The fourth-order valence-corrected chi connectivity index (χ4v) is 2.48. The molecule has 1 rings (SSSR count). The lowest BCUT2D eigenvalue weighted by atomic mass is 10.1. The lowest BCUT2D eigenvalue weighted by Crippen LogP contribution is -2.37. The number of allylic oxidation sites excluding steroid dienone is 5. The molecule has 0 aliphatic carbocycles. The number of carboxylic acid groups (broad SMARTS) is 1. The van der Waals surface area contributed by atoms with Crippen molar-refractivity contribution in [3.8, 4) is 0 Å². The molecule has 0 fully saturated rings. The molecule has 0 amide bonds. The minimum atomic E-state index is -0.821. The van der Waals surface area contributed by atoms with E-state index in [1.54, 1.807) is 0 Å². The zero-order valence-corrected chi connectivity index (χ0v) is 13.8. The molecule has 1 atom stereocenters. The molecule has 122 valence electrons. The van der Waals surface area contributed by atoms with E-state index in [1.165, 1.54) is 0 Å². The predicted octanol–water partition coefficient (Wildman–Crippen LogP) is 3.00. The van der Waals surface area contributed by atoms with Crippen molar-refractivity contribution in [1.29, 1.82) is 0 Å². The number of aliphatic carboxylic acids is 1. The van der Waals surface area contributed by atoms with Gasteiger partial charge in [0.05, 0.1) is 5.57 Å². The van der Waals surface area contributed by atoms with Crippen LogP contribution in [0.15, 0.2) is 34.9 Å². The van der Waals surface area contributed by atoms with Crippen LogP contribution in [0.4, 0.5) is 0 Å². The van der Waals surface area contributed by atoms with Crippen molar-refractivity contribution in [2.24, 2.45) is 0 Å². The van der Waals surface area contributed by atoms with E-state index in [4.69, 9.17) is 18.3 Å². The van der Waals surface area contributed by atoms with Gasteiger partial charge in [-0.15, -0.1) is 0 Å². The second kappa shape index (κ2) is 8.77. The van der Waals surface area contributed by atoms with E-state index in [2.05, 4.69) is 19.9 Å². The van der Waals surface area contributed by atoms with Gasteiger partial charge in [-0.1, -0.05) is 6.92 Å². The van der Waals surface area contributed by atoms with E-state index in [1.807, 2.05) is 32.9 Å². The highest BCUT2D eigenvalue weighted by molar-refractivity contribution is 5.73. The Morgan fingerprint density at radius 1 is 1.30 bits per heavy atom. The summed E-state index contributed by atoms with van der Waals surface area (Å²) in [4.78, 5) is 19.5. The maximum atomic E-state index is 10.9. The molecule has 1 unspecified atom stereocenters. The van der Waals surface area contributed by atoms with Crippen LogP contribution in [0.2, 0.25) is 0 Å². The van der Waals surface area contributed by atoms with Gasteiger partial charge >= 0.3 is 11.8 Å². The molecule has 0 saturated heterocycles. The van der Waals surface area contributed by atoms with Crippen molar-refractivity contribution in [2.75, 3.05) is 13.1 Å². The normalized spacial score (nSPS) is 15.2. The highest BCUT2D eigenvalue weighted by Crippen LogP contribution is 2.25. The Bertz CT molecular complexity index is 594. The molecule has 0 radical (unpaired) electrons. The Morgan fingerprint density at radius 3 is 2.30 bits per heavy atom. The fourth-order valence-electron chi connectivity index (χ4n) is 2.48. The topological polar surface area (TPSA) is 61.3 Å². The van der Waals surface area contributed by atoms with Gasteiger partial charge in [-0.2, -0.15) is 9.69 Å². The molecule has 0 spiro atoms. The third kappa shape index (κ3) is 4.98. The number of hydrogen-bond donors (Lipinski definition) is 2. The zero-order valence-electron chi connectivity index (χ0n) is 13.8. The summed E-state index contributed by atoms with van der Waals surface area (Å²) >= 11 is 0. The molecular weight excluding hydrogens is 292 g/mol. The van der Waals surface area contributed by atoms with Gasteiger partial charge in [-0.3, -0.25) is 4.79 Å². The summed E-state index contributed by atoms with van der Waals surface area (Å²) in [5.74, 6) is -0.740. The van der Waals surface area contributed by atoms with Gasteiger partial charge in [0.1, 0.15) is 19.2 Å². The molecule has 1 aliphatic rings. The molecule has 0 aromatic rings. The Kier molecular flexibility index (Phi) is 7.05. The van der Waals surface area contributed by atoms with Gasteiger partial charge in [-0.25, -0.2) is 0 Å². The smallest absolute Gasteiger partial charge is 0.480 e. The molecule has 6 nitrogen and oxygen atoms in total. The van der Waals surface area contributed by atoms with Crippen LogP contribution < -0.4 is 5.32 Å². The molecule has 1 heterocycles. The van der Waals surface area contributed by atoms with Crippen molar-refractivity contribution < 1.29 is 9.90 Å². The Hall–Kier alpha value is -2.57. The second-order valence-electron chi connectivity index (χ2n) is 5.33. The molecule has 0 saturated carbocycles. The van der Waals surface area contributed by atoms with E-state index in [-0.39, 0.29) is 5.82 Å². The summed E-state index contributed by atoms with van der Waals surface area (Å²) in [6.07, 6.45) is 5.05. The van der Waals surface area contributed by atoms with Gasteiger partial charge in [0.2, 0.25) is 0 Å². The SMILES string of the molecule is [C-]#[N+]C([N+]#[C-])=C1C=C(C)N(CCCNC(CC)C(=O)O)C(C)=C1. The molecule has 0 aromatic heterocycles. The van der Waals surface area contributed by atoms with E-state index >= 15 is 0 Å². The van der Waals surface area contributed by atoms with Crippen LogP contribution in [0.5, 0.6) is 0 Å². The van der Waals surface area contributed by atoms with Crippen molar-refractivity contribution in [2.45, 2.75) is 39.7 Å². The number of hydrogen-bond acceptors (Lipinski definition) is 3. The quantitative estimate of drug-likeness (QED) is 0.560. The lowest BCUT2D eigenvalue weighted by molar-refractivity contribution is -0.139. The minimum Gasteiger partial charge on any atom is -0.480 e. The van der Waals surface area contributed by atoms with Crippen molar-refractivity contribution in [1.82, 2.24) is 10.2 Å². The average Bonchev–Trinajstić information content (AvgIpc) is 2.50. The van der Waals surface area contributed by atoms with Crippen LogP contribution >= 0.6 is 0 Å². The number of nitrogens with one attached hydrogen (secondary N) is 1. The third-order valence-electron chi connectivity index (χ3n) is 3.71. The van der Waals surface area contributed by atoms with Crippen molar-refractivity contribution >= 4 is 5.97 Å². The van der Waals surface area contributed by atoms with Crippen LogP contribution in [0.25, 0.3) is 9.69 Å². The standard InChI is InChI=1S/C17H22N4O2/c1-6-15(17(22)23)20-8-7-9-21-12(2)10-14(11-13(21)3)16(18-4)19-5/h10-11,15,20H,6-9H2,1-3H3,(H,22,23). The molecule has 6 heteroatoms. The summed E-state index contributed by atoms with van der Waals surface area (Å²) in [6, 6.07) is -0.501. The molecule has 23 heavy (non-hydrogen) atoms. The first-order valence-electron chi connectivity index (χ1n) is 7.54. The van der Waals surface area contributed by atoms with Gasteiger partial charge in [0.15, 0.2) is 0 Å². The Labute approximate surface area is 137 Å². The van der Waals surface area contributed by atoms with E-state index < -0.39 is 12.0 Å². The number of carboxylic acids is 1. The monoisotopic (exact) mass is 314 g/mol. The third-order valence-corrected chi connectivity index (χ3v) is 3.71. The van der Waals surface area contributed by atoms with Crippen LogP contribution in [0.3, 0.4) is 0 Å². The van der Waals surface area contributed by atoms with E-state index in [0.29, 0.717) is 18.5 Å². The first kappa shape index (κ1) is 18.5. The number of carbonyl (C=O) groups is 1. The average molecular weight is 314 g/mol. The van der Waals surface area contributed by atoms with Crippen molar-refractivity contribution in [3.63, 3.8) is 0 Å². The Balaban J connectivity index is 2.65. The van der Waals surface area contributed by atoms with Gasteiger partial charge in [-0.05, 0) is 45.4 Å². The molecule has 2 N–H and O–H groups in total. The molecule has 1 aliphatic heterocycles. The fraction of sp³-hybridized carbons (Fsp3) is 0.471. The number of rotatable bonds is 7. The van der Waals surface area contributed by atoms with Gasteiger partial charge in [0.25, 0.3) is 0 Å². The summed E-state index contributed by atoms with van der Waals surface area (Å²) in [5.41, 5.74) is 2.61. The van der Waals surface area contributed by atoms with Crippen LogP contribution in [-0.4, -0.2) is 35.1 Å². The predicted molar refractivity (Wildman–Crippen MR) is 88.8 cm³/mol. The molecule has 0 bridgehead atoms. The van der Waals surface area contributed by atoms with E-state index in [9.17, 15) is 4.79 Å². The van der Waals surface area contributed by atoms with Crippen LogP contribution in [0.1, 0.15) is 33.6 Å². The summed E-state index contributed by atoms with van der Waals surface area (Å²) in [5, 5.41) is 12.0. The lowest BCUT2D eigenvalue weighted by Gasteiger charge is -2.29. The number of nitrogens with zero attached hydrogens (tertiary/aromatic N) is 3. The van der Waals surface area contributed by atoms with Crippen LogP contribution in [-0.2, 0) is 4.79 Å². The highest BCUT2D eigenvalue weighted by atomic mass is 16.4. The first-order valence-corrected chi connectivity index (χ1v) is 7.54. The minimum absolute atomic E-state index is 0.0808. The summed E-state index contributed by atoms with van der Waals surface area (Å²) in [6.45, 7) is 21.2.